The fourth-order valence-electron chi connectivity index (χ4n) is 10.9. The Morgan fingerprint density at radius 1 is 0.248 bits per heavy atom. The molecule has 2 aromatic heterocycles. The molecule has 0 atom stereocenters. The molecule has 16 rings (SSSR count). The van der Waals surface area contributed by atoms with E-state index < -0.39 is 38.8 Å². The molecule has 4 nitrogen and oxygen atoms in total. The van der Waals surface area contributed by atoms with Crippen LogP contribution in [0.2, 0.25) is 10.3 Å². The maximum absolute atomic E-state index is 12.7. The quantitative estimate of drug-likeness (QED) is 0.0647. The van der Waals surface area contributed by atoms with Gasteiger partial charge in [-0.2, -0.15) is 0 Å². The topological polar surface area (TPSA) is 66.2 Å². The summed E-state index contributed by atoms with van der Waals surface area (Å²) >= 11 is 14.6. The van der Waals surface area contributed by atoms with Gasteiger partial charge >= 0.3 is 7.12 Å². The number of aromatic nitrogens is 2. The van der Waals surface area contributed by atoms with Crippen LogP contribution in [0.25, 0.3) is 11.1 Å². The fraction of sp³-hybridized carbons (Fsp3) is 0. The molecule has 0 amide bonds. The van der Waals surface area contributed by atoms with E-state index in [1.165, 1.54) is 100 Å². The van der Waals surface area contributed by atoms with Crippen molar-refractivity contribution < 1.29 is 39.3 Å². The first-order chi connectivity index (χ1) is 53.1. The zero-order chi connectivity index (χ0) is 75.2. The second-order valence-electron chi connectivity index (χ2n) is 23.4. The van der Waals surface area contributed by atoms with Crippen molar-refractivity contribution in [2.24, 2.45) is 0 Å². The molecule has 0 fully saturated rings. The molecule has 0 radical (unpaired) electrons. The first kappa shape index (κ1) is 83.7. The SMILES string of the molecule is Clc1ncccc1Br.Fc1ccc(-c2cccnc2Cl)cc1.OB(O)c1ccc(F)cc1.[Pd].c1ccc(P(c2ccccc2)c2ccccc2)cc1.c1ccc(P(c2ccccc2)c2ccccc2)cc1.c1ccc(P(c2ccccc2)c2ccccc2)cc1.c1ccc(P(c2ccccc2)c2ccccc2)cc1. The minimum atomic E-state index is -1.51. The summed E-state index contributed by atoms with van der Waals surface area (Å²) < 4.78 is 25.7. The van der Waals surface area contributed by atoms with Crippen molar-refractivity contribution in [3.8, 4) is 11.1 Å². The van der Waals surface area contributed by atoms with Crippen molar-refractivity contribution in [3.05, 3.63) is 476 Å². The van der Waals surface area contributed by atoms with Crippen LogP contribution in [0, 0.1) is 11.6 Å². The first-order valence-corrected chi connectivity index (χ1v) is 41.5. The maximum Gasteiger partial charge on any atom is 0.488 e. The first-order valence-electron chi connectivity index (χ1n) is 34.6. The summed E-state index contributed by atoms with van der Waals surface area (Å²) in [7, 11) is -3.30. The third-order valence-corrected chi connectivity index (χ3v) is 27.2. The van der Waals surface area contributed by atoms with Crippen molar-refractivity contribution in [1.82, 2.24) is 9.97 Å². The Balaban J connectivity index is 0.000000149. The number of rotatable bonds is 14. The summed E-state index contributed by atoms with van der Waals surface area (Å²) in [5.41, 5.74) is 1.97. The second kappa shape index (κ2) is 46.9. The average molecular weight is 1700 g/mol. The number of halogens is 5. The Bertz CT molecular complexity index is 4250. The van der Waals surface area contributed by atoms with Crippen LogP contribution in [0.3, 0.4) is 0 Å². The molecule has 0 aliphatic carbocycles. The Morgan fingerprint density at radius 3 is 0.615 bits per heavy atom. The number of nitrogens with zero attached hydrogens (tertiary/aromatic N) is 2. The summed E-state index contributed by atoms with van der Waals surface area (Å²) in [4.78, 5) is 7.75. The van der Waals surface area contributed by atoms with Gasteiger partial charge in [-0.25, -0.2) is 18.7 Å². The number of pyridine rings is 2. The summed E-state index contributed by atoms with van der Waals surface area (Å²) in [6.45, 7) is 0. The molecular weight excluding hydrogens is 1620 g/mol. The number of benzene rings is 14. The fourth-order valence-corrected chi connectivity index (χ4v) is 20.8. The van der Waals surface area contributed by atoms with Crippen molar-refractivity contribution >= 4 is 147 Å². The maximum atomic E-state index is 12.7. The van der Waals surface area contributed by atoms with Gasteiger partial charge in [0.05, 0.1) is 4.47 Å². The van der Waals surface area contributed by atoms with Gasteiger partial charge in [-0.15, -0.1) is 0 Å². The van der Waals surface area contributed by atoms with Crippen LogP contribution < -0.4 is 69.1 Å². The molecule has 14 aromatic carbocycles. The number of hydrogen-bond donors (Lipinski definition) is 2. The molecule has 16 aromatic rings. The zero-order valence-corrected chi connectivity index (χ0v) is 67.3. The molecule has 0 spiro atoms. The van der Waals surface area contributed by atoms with E-state index in [4.69, 9.17) is 33.2 Å². The van der Waals surface area contributed by atoms with Crippen LogP contribution in [0.4, 0.5) is 8.78 Å². The predicted molar refractivity (Wildman–Crippen MR) is 468 cm³/mol. The largest absolute Gasteiger partial charge is 0.488 e. The molecule has 0 unspecified atom stereocenters. The Hall–Kier alpha value is -9.33. The molecule has 0 saturated carbocycles. The van der Waals surface area contributed by atoms with E-state index in [0.29, 0.717) is 15.8 Å². The normalized spacial score (nSPS) is 10.2. The van der Waals surface area contributed by atoms with Gasteiger partial charge < -0.3 is 10.0 Å². The molecule has 2 N–H and O–H groups in total. The van der Waals surface area contributed by atoms with Crippen LogP contribution in [0.15, 0.2) is 454 Å². The van der Waals surface area contributed by atoms with Crippen molar-refractivity contribution in [3.63, 3.8) is 0 Å². The number of hydrogen-bond acceptors (Lipinski definition) is 4. The molecular formula is C94H76BBrCl2F2N2O2P4Pd. The molecule has 0 aliphatic rings. The summed E-state index contributed by atoms with van der Waals surface area (Å²) in [6, 6.07) is 148. The third kappa shape index (κ3) is 27.0. The molecule has 0 aliphatic heterocycles. The molecule has 2 heterocycles. The van der Waals surface area contributed by atoms with E-state index in [0.717, 1.165) is 15.6 Å². The van der Waals surface area contributed by atoms with E-state index in [1.807, 2.05) is 18.2 Å². The smallest absolute Gasteiger partial charge is 0.423 e. The molecule has 15 heteroatoms. The van der Waals surface area contributed by atoms with Crippen LogP contribution in [0.1, 0.15) is 0 Å². The molecule has 0 bridgehead atoms. The Kier molecular flexibility index (Phi) is 36.0. The summed E-state index contributed by atoms with van der Waals surface area (Å²) in [5, 5.41) is 34.8. The Labute approximate surface area is 677 Å². The van der Waals surface area contributed by atoms with Gasteiger partial charge in [0.1, 0.15) is 21.9 Å². The van der Waals surface area contributed by atoms with Crippen LogP contribution in [-0.4, -0.2) is 27.1 Å². The van der Waals surface area contributed by atoms with E-state index in [1.54, 1.807) is 30.6 Å². The van der Waals surface area contributed by atoms with E-state index in [9.17, 15) is 8.78 Å². The molecule has 542 valence electrons. The average Bonchev–Trinajstić information content (AvgIpc) is 0.844. The Morgan fingerprint density at radius 2 is 0.440 bits per heavy atom. The van der Waals surface area contributed by atoms with Gasteiger partial charge in [-0.1, -0.05) is 411 Å². The standard InChI is InChI=1S/4C18H15P.C11H7ClFN.C6H6BFO2.C5H3BrClN.Pd/c4*1-4-10-16(11-5-1)19(17-12-6-2-7-13-17)18-14-8-3-9-15-18;12-11-10(2-1-7-14-11)8-3-5-9(13)6-4-8;8-6-3-1-5(2-4-6)7(9)10;6-4-2-1-3-8-5(4)7;/h4*1-15H;1-7H;1-4,9-10H;1-3H;. The van der Waals surface area contributed by atoms with Gasteiger partial charge in [0.2, 0.25) is 0 Å². The minimum absolute atomic E-state index is 0. The van der Waals surface area contributed by atoms with Gasteiger partial charge in [0.15, 0.2) is 0 Å². The van der Waals surface area contributed by atoms with E-state index in [-0.39, 0.29) is 32.1 Å². The van der Waals surface area contributed by atoms with Crippen LogP contribution >= 0.6 is 70.8 Å². The summed E-state index contributed by atoms with van der Waals surface area (Å²) in [6.07, 6.45) is 3.27. The molecule has 109 heavy (non-hydrogen) atoms. The summed E-state index contributed by atoms with van der Waals surface area (Å²) in [5.74, 6) is -0.641. The van der Waals surface area contributed by atoms with Gasteiger partial charge in [0, 0.05) is 38.4 Å². The van der Waals surface area contributed by atoms with Crippen LogP contribution in [0.5, 0.6) is 0 Å². The predicted octanol–water partition coefficient (Wildman–Crippen LogP) is 19.3. The molecule has 0 saturated heterocycles. The second-order valence-corrected chi connectivity index (χ2v) is 33.9. The van der Waals surface area contributed by atoms with Crippen LogP contribution in [-0.2, 0) is 20.4 Å². The zero-order valence-electron chi connectivity index (χ0n) is 59.1. The minimum Gasteiger partial charge on any atom is -0.423 e. The van der Waals surface area contributed by atoms with Gasteiger partial charge in [-0.05, 0) is 171 Å². The van der Waals surface area contributed by atoms with E-state index in [2.05, 4.69) is 390 Å². The third-order valence-electron chi connectivity index (χ3n) is 16.0. The van der Waals surface area contributed by atoms with Gasteiger partial charge in [-0.3, -0.25) is 0 Å². The van der Waals surface area contributed by atoms with E-state index >= 15 is 0 Å². The van der Waals surface area contributed by atoms with Crippen molar-refractivity contribution in [1.29, 1.82) is 0 Å². The van der Waals surface area contributed by atoms with Gasteiger partial charge in [0.25, 0.3) is 0 Å². The van der Waals surface area contributed by atoms with Crippen molar-refractivity contribution in [2.75, 3.05) is 0 Å². The monoisotopic (exact) mass is 1690 g/mol. The van der Waals surface area contributed by atoms with Crippen molar-refractivity contribution in [2.45, 2.75) is 0 Å².